The number of hydrogen-bond acceptors (Lipinski definition) is 6. The average Bonchev–Trinajstić information content (AvgIpc) is 3.19. The summed E-state index contributed by atoms with van der Waals surface area (Å²) >= 11 is 1.07. The van der Waals surface area contributed by atoms with Gasteiger partial charge in [-0.2, -0.15) is 0 Å². The van der Waals surface area contributed by atoms with Gasteiger partial charge in [0.05, 0.1) is 6.20 Å². The molecule has 7 nitrogen and oxygen atoms in total. The number of nitrogens with one attached hydrogen (secondary N) is 1. The first-order chi connectivity index (χ1) is 11.0. The van der Waals surface area contributed by atoms with Gasteiger partial charge < -0.3 is 10.3 Å². The van der Waals surface area contributed by atoms with Crippen LogP contribution in [0.1, 0.15) is 10.4 Å². The smallest absolute Gasteiger partial charge is 0.271 e. The Balaban J connectivity index is 1.83. The standard InChI is InChI=1S/C14H11N3O4S2/c15-14(18)9-1-3-11(4-2-9)17-23(19,20)13-7-10(8-22-13)12-5-6-16-21-12/h1-8,17H,(H2,15,18). The van der Waals surface area contributed by atoms with Crippen molar-refractivity contribution in [2.75, 3.05) is 4.72 Å². The van der Waals surface area contributed by atoms with Crippen molar-refractivity contribution in [3.63, 3.8) is 0 Å². The Kier molecular flexibility index (Phi) is 3.89. The molecule has 2 aromatic heterocycles. The second-order valence-electron chi connectivity index (χ2n) is 4.58. The minimum absolute atomic E-state index is 0.142. The molecule has 1 aromatic carbocycles. The number of aromatic nitrogens is 1. The highest BCUT2D eigenvalue weighted by molar-refractivity contribution is 7.94. The van der Waals surface area contributed by atoms with E-state index in [2.05, 4.69) is 9.88 Å². The van der Waals surface area contributed by atoms with E-state index in [1.54, 1.807) is 11.4 Å². The van der Waals surface area contributed by atoms with Gasteiger partial charge in [0, 0.05) is 28.3 Å². The molecule has 0 fully saturated rings. The van der Waals surface area contributed by atoms with Gasteiger partial charge in [0.1, 0.15) is 4.21 Å². The Morgan fingerprint density at radius 3 is 2.57 bits per heavy atom. The highest BCUT2D eigenvalue weighted by Crippen LogP contribution is 2.29. The van der Waals surface area contributed by atoms with E-state index in [1.807, 2.05) is 0 Å². The number of hydrogen-bond donors (Lipinski definition) is 2. The monoisotopic (exact) mass is 349 g/mol. The molecule has 0 radical (unpaired) electrons. The van der Waals surface area contributed by atoms with Crippen LogP contribution in [0.25, 0.3) is 11.3 Å². The van der Waals surface area contributed by atoms with Gasteiger partial charge in [0.2, 0.25) is 5.91 Å². The van der Waals surface area contributed by atoms with E-state index in [4.69, 9.17) is 10.3 Å². The zero-order valence-corrected chi connectivity index (χ0v) is 13.2. The number of carbonyl (C=O) groups is 1. The first kappa shape index (κ1) is 15.3. The molecule has 2 heterocycles. The third-order valence-corrected chi connectivity index (χ3v) is 5.81. The molecule has 9 heteroatoms. The summed E-state index contributed by atoms with van der Waals surface area (Å²) in [7, 11) is -3.73. The van der Waals surface area contributed by atoms with Crippen LogP contribution in [0.3, 0.4) is 0 Å². The van der Waals surface area contributed by atoms with Crippen molar-refractivity contribution in [3.05, 3.63) is 53.5 Å². The van der Waals surface area contributed by atoms with Crippen LogP contribution in [0.4, 0.5) is 5.69 Å². The maximum absolute atomic E-state index is 12.4. The van der Waals surface area contributed by atoms with Gasteiger partial charge in [-0.3, -0.25) is 9.52 Å². The van der Waals surface area contributed by atoms with Crippen LogP contribution in [0.15, 0.2) is 56.7 Å². The molecule has 0 aliphatic heterocycles. The minimum atomic E-state index is -3.73. The third kappa shape index (κ3) is 3.25. The topological polar surface area (TPSA) is 115 Å². The quantitative estimate of drug-likeness (QED) is 0.733. The van der Waals surface area contributed by atoms with Crippen molar-refractivity contribution in [2.45, 2.75) is 4.21 Å². The molecule has 0 unspecified atom stereocenters. The first-order valence-electron chi connectivity index (χ1n) is 6.38. The summed E-state index contributed by atoms with van der Waals surface area (Å²) in [6.45, 7) is 0. The van der Waals surface area contributed by atoms with Gasteiger partial charge in [-0.1, -0.05) is 5.16 Å². The summed E-state index contributed by atoms with van der Waals surface area (Å²) in [6, 6.07) is 9.01. The lowest BCUT2D eigenvalue weighted by atomic mass is 10.2. The zero-order chi connectivity index (χ0) is 16.4. The van der Waals surface area contributed by atoms with Crippen LogP contribution in [0.2, 0.25) is 0 Å². The van der Waals surface area contributed by atoms with Crippen molar-refractivity contribution < 1.29 is 17.7 Å². The minimum Gasteiger partial charge on any atom is -0.366 e. The number of amides is 1. The van der Waals surface area contributed by atoms with Gasteiger partial charge >= 0.3 is 0 Å². The summed E-state index contributed by atoms with van der Waals surface area (Å²) in [6.07, 6.45) is 1.49. The molecule has 0 bridgehead atoms. The lowest BCUT2D eigenvalue weighted by Gasteiger charge is -2.06. The molecule has 0 aliphatic carbocycles. The van der Waals surface area contributed by atoms with Crippen LogP contribution in [-0.4, -0.2) is 19.5 Å². The molecule has 0 saturated heterocycles. The summed E-state index contributed by atoms with van der Waals surface area (Å²) in [5, 5.41) is 5.26. The number of sulfonamides is 1. The predicted molar refractivity (Wildman–Crippen MR) is 85.6 cm³/mol. The first-order valence-corrected chi connectivity index (χ1v) is 8.74. The van der Waals surface area contributed by atoms with Crippen molar-refractivity contribution in [1.82, 2.24) is 5.16 Å². The fourth-order valence-electron chi connectivity index (χ4n) is 1.86. The molecule has 0 spiro atoms. The van der Waals surface area contributed by atoms with Gasteiger partial charge in [-0.05, 0) is 30.3 Å². The molecule has 0 atom stereocenters. The maximum Gasteiger partial charge on any atom is 0.271 e. The molecule has 23 heavy (non-hydrogen) atoms. The van der Waals surface area contributed by atoms with E-state index in [9.17, 15) is 13.2 Å². The van der Waals surface area contributed by atoms with Gasteiger partial charge in [-0.25, -0.2) is 8.42 Å². The summed E-state index contributed by atoms with van der Waals surface area (Å²) in [4.78, 5) is 11.0. The van der Waals surface area contributed by atoms with Crippen molar-refractivity contribution in [1.29, 1.82) is 0 Å². The molecule has 0 aliphatic rings. The number of nitrogens with zero attached hydrogens (tertiary/aromatic N) is 1. The molecule has 1 amide bonds. The number of rotatable bonds is 5. The fraction of sp³-hybridized carbons (Fsp3) is 0. The Labute approximate surface area is 135 Å². The SMILES string of the molecule is NC(=O)c1ccc(NS(=O)(=O)c2cc(-c3ccno3)cs2)cc1. The Morgan fingerprint density at radius 1 is 1.22 bits per heavy atom. The van der Waals surface area contributed by atoms with Crippen molar-refractivity contribution in [2.24, 2.45) is 5.73 Å². The van der Waals surface area contributed by atoms with Crippen LogP contribution >= 0.6 is 11.3 Å². The van der Waals surface area contributed by atoms with E-state index in [1.165, 1.54) is 36.5 Å². The van der Waals surface area contributed by atoms with Gasteiger partial charge in [0.25, 0.3) is 10.0 Å². The van der Waals surface area contributed by atoms with Crippen LogP contribution in [-0.2, 0) is 10.0 Å². The molecular formula is C14H11N3O4S2. The van der Waals surface area contributed by atoms with E-state index < -0.39 is 15.9 Å². The fourth-order valence-corrected chi connectivity index (χ4v) is 4.09. The normalized spacial score (nSPS) is 11.3. The third-order valence-electron chi connectivity index (χ3n) is 2.98. The Hall–Kier alpha value is -2.65. The molecular weight excluding hydrogens is 338 g/mol. The van der Waals surface area contributed by atoms with Crippen LogP contribution < -0.4 is 10.5 Å². The predicted octanol–water partition coefficient (Wildman–Crippen LogP) is 2.30. The van der Waals surface area contributed by atoms with Crippen molar-refractivity contribution >= 4 is 33.0 Å². The zero-order valence-electron chi connectivity index (χ0n) is 11.6. The van der Waals surface area contributed by atoms with Gasteiger partial charge in [0.15, 0.2) is 5.76 Å². The molecule has 3 rings (SSSR count). The van der Waals surface area contributed by atoms with Crippen LogP contribution in [0.5, 0.6) is 0 Å². The van der Waals surface area contributed by atoms with E-state index in [-0.39, 0.29) is 4.21 Å². The average molecular weight is 349 g/mol. The molecule has 3 N–H and O–H groups in total. The summed E-state index contributed by atoms with van der Waals surface area (Å²) in [5.74, 6) is -0.0807. The lowest BCUT2D eigenvalue weighted by molar-refractivity contribution is 0.100. The number of primary amides is 1. The summed E-state index contributed by atoms with van der Waals surface area (Å²) in [5.41, 5.74) is 6.42. The number of benzene rings is 1. The van der Waals surface area contributed by atoms with E-state index in [0.717, 1.165) is 11.3 Å². The largest absolute Gasteiger partial charge is 0.366 e. The Bertz CT molecular complexity index is 929. The second kappa shape index (κ2) is 5.86. The maximum atomic E-state index is 12.4. The summed E-state index contributed by atoms with van der Waals surface area (Å²) < 4.78 is 32.3. The van der Waals surface area contributed by atoms with Crippen molar-refractivity contribution in [3.8, 4) is 11.3 Å². The molecule has 3 aromatic rings. The highest BCUT2D eigenvalue weighted by Gasteiger charge is 2.18. The second-order valence-corrected chi connectivity index (χ2v) is 7.40. The number of nitrogens with two attached hydrogens (primary N) is 1. The number of anilines is 1. The highest BCUT2D eigenvalue weighted by atomic mass is 32.2. The van der Waals surface area contributed by atoms with E-state index in [0.29, 0.717) is 22.6 Å². The number of carbonyl (C=O) groups excluding carboxylic acids is 1. The van der Waals surface area contributed by atoms with Crippen LogP contribution in [0, 0.1) is 0 Å². The van der Waals surface area contributed by atoms with E-state index >= 15 is 0 Å². The molecule has 118 valence electrons. The lowest BCUT2D eigenvalue weighted by Crippen LogP contribution is -2.13. The Morgan fingerprint density at radius 2 is 1.96 bits per heavy atom. The number of thiophene rings is 1. The molecule has 0 saturated carbocycles. The van der Waals surface area contributed by atoms with Gasteiger partial charge in [-0.15, -0.1) is 11.3 Å².